The van der Waals surface area contributed by atoms with Gasteiger partial charge in [-0.1, -0.05) is 50.6 Å². The molecule has 7 atom stereocenters. The zero-order valence-electron chi connectivity index (χ0n) is 38.0. The number of hydrogen-bond donors (Lipinski definition) is 9. The van der Waals surface area contributed by atoms with Crippen molar-refractivity contribution in [2.24, 2.45) is 5.92 Å². The van der Waals surface area contributed by atoms with Gasteiger partial charge >= 0.3 is 18.0 Å². The second-order valence-corrected chi connectivity index (χ2v) is 18.4. The SMILES string of the molecule is CC(=O)NC(Cc1ccc(O)cc1)C(=O)NC(C(=O)NC(CCCCNC(=O)CCCCC1SCC2NC(=O)NC21)C(=O)NC(CC(=O)O)C(=O)COC(=O)c1c(C)cccc1C)C(C)C. The fourth-order valence-corrected chi connectivity index (χ4v) is 9.39. The second kappa shape index (κ2) is 25.5. The van der Waals surface area contributed by atoms with Crippen molar-refractivity contribution in [3.05, 3.63) is 64.7 Å². The van der Waals surface area contributed by atoms with Crippen molar-refractivity contribution in [1.82, 2.24) is 37.2 Å². The van der Waals surface area contributed by atoms with Gasteiger partial charge in [0.1, 0.15) is 29.9 Å². The number of ether oxygens (including phenoxy) is 1. The lowest BCUT2D eigenvalue weighted by atomic mass is 9.99. The summed E-state index contributed by atoms with van der Waals surface area (Å²) < 4.78 is 5.25. The first-order valence-electron chi connectivity index (χ1n) is 22.2. The highest BCUT2D eigenvalue weighted by Gasteiger charge is 2.42. The predicted molar refractivity (Wildman–Crippen MR) is 244 cm³/mol. The van der Waals surface area contributed by atoms with Gasteiger partial charge in [-0.25, -0.2) is 9.59 Å². The van der Waals surface area contributed by atoms with Crippen LogP contribution in [0, 0.1) is 19.8 Å². The fraction of sp³-hybridized carbons (Fsp3) is 0.543. The number of carboxylic acid groups (broad SMARTS) is 1. The van der Waals surface area contributed by atoms with Crippen LogP contribution in [0.25, 0.3) is 0 Å². The van der Waals surface area contributed by atoms with E-state index in [0.717, 1.165) is 18.6 Å². The average molecular weight is 938 g/mol. The highest BCUT2D eigenvalue weighted by Crippen LogP contribution is 2.33. The molecule has 9 N–H and O–H groups in total. The molecule has 0 aromatic heterocycles. The molecule has 7 unspecified atom stereocenters. The zero-order valence-corrected chi connectivity index (χ0v) is 38.8. The van der Waals surface area contributed by atoms with Gasteiger partial charge < -0.3 is 52.2 Å². The molecule has 20 heteroatoms. The number of amides is 7. The standard InChI is InChI=1S/C46H63N7O12S/c1-25(2)40(52-43(61)33(48-28(5)54)21-29-16-18-30(55)19-17-29)44(62)49-31(13-8-9-20-47-37(57)15-7-6-14-36-41-34(24-66-36)51-46(64)53-41)42(60)50-32(22-38(58)59)35(56)23-65-45(63)39-26(3)11-10-12-27(39)4/h10-12,16-19,25,31-34,36,40-41,55H,6-9,13-15,20-24H2,1-5H3,(H,47,57)(H,48,54)(H,49,62)(H,50,60)(H,52,61)(H,58,59)(H2,51,53,64). The van der Waals surface area contributed by atoms with E-state index in [2.05, 4.69) is 37.2 Å². The Morgan fingerprint density at radius 2 is 1.48 bits per heavy atom. The van der Waals surface area contributed by atoms with Gasteiger partial charge in [0.15, 0.2) is 12.4 Å². The molecule has 2 saturated heterocycles. The van der Waals surface area contributed by atoms with Gasteiger partial charge in [-0.3, -0.25) is 33.6 Å². The van der Waals surface area contributed by atoms with Crippen LogP contribution < -0.4 is 37.2 Å². The number of rotatable bonds is 26. The number of carboxylic acids is 1. The van der Waals surface area contributed by atoms with E-state index in [0.29, 0.717) is 36.0 Å². The number of aliphatic carboxylic acids is 1. The lowest BCUT2D eigenvalue weighted by molar-refractivity contribution is -0.141. The summed E-state index contributed by atoms with van der Waals surface area (Å²) in [5, 5.41) is 38.7. The van der Waals surface area contributed by atoms with Gasteiger partial charge in [-0.05, 0) is 80.7 Å². The van der Waals surface area contributed by atoms with E-state index < -0.39 is 84.5 Å². The Morgan fingerprint density at radius 3 is 2.14 bits per heavy atom. The number of carbonyl (C=O) groups is 9. The number of phenols is 1. The van der Waals surface area contributed by atoms with Crippen LogP contribution in [0.15, 0.2) is 42.5 Å². The first kappa shape index (κ1) is 52.4. The van der Waals surface area contributed by atoms with Crippen LogP contribution in [-0.4, -0.2) is 124 Å². The van der Waals surface area contributed by atoms with Crippen molar-refractivity contribution in [2.75, 3.05) is 18.9 Å². The number of fused-ring (bicyclic) bond motifs is 1. The maximum Gasteiger partial charge on any atom is 0.339 e. The lowest BCUT2D eigenvalue weighted by Gasteiger charge is -2.28. The summed E-state index contributed by atoms with van der Waals surface area (Å²) in [7, 11) is 0. The van der Waals surface area contributed by atoms with Crippen molar-refractivity contribution >= 4 is 65.1 Å². The average Bonchev–Trinajstić information content (AvgIpc) is 3.81. The predicted octanol–water partition coefficient (Wildman–Crippen LogP) is 2.08. The number of esters is 1. The number of phenolic OH excluding ortho intramolecular Hbond substituents is 1. The summed E-state index contributed by atoms with van der Waals surface area (Å²) in [6, 6.07) is 5.88. The summed E-state index contributed by atoms with van der Waals surface area (Å²) in [6.45, 7) is 7.35. The molecular formula is C46H63N7O12S. The van der Waals surface area contributed by atoms with Crippen molar-refractivity contribution in [3.8, 4) is 5.75 Å². The molecule has 360 valence electrons. The van der Waals surface area contributed by atoms with Crippen LogP contribution in [0.5, 0.6) is 5.75 Å². The molecule has 0 saturated carbocycles. The van der Waals surface area contributed by atoms with Crippen molar-refractivity contribution in [2.45, 2.75) is 134 Å². The summed E-state index contributed by atoms with van der Waals surface area (Å²) >= 11 is 1.81. The van der Waals surface area contributed by atoms with Crippen molar-refractivity contribution in [1.29, 1.82) is 0 Å². The quantitative estimate of drug-likeness (QED) is 0.0372. The molecule has 19 nitrogen and oxygen atoms in total. The van der Waals surface area contributed by atoms with E-state index in [-0.39, 0.29) is 66.4 Å². The molecule has 2 aromatic carbocycles. The zero-order chi connectivity index (χ0) is 48.5. The number of unbranched alkanes of at least 4 members (excludes halogenated alkanes) is 2. The van der Waals surface area contributed by atoms with Gasteiger partial charge in [-0.2, -0.15) is 11.8 Å². The van der Waals surface area contributed by atoms with Crippen LogP contribution in [0.2, 0.25) is 0 Å². The Balaban J connectivity index is 1.40. The summed E-state index contributed by atoms with van der Waals surface area (Å²) in [6.07, 6.45) is 2.44. The van der Waals surface area contributed by atoms with Gasteiger partial charge in [0.2, 0.25) is 29.5 Å². The molecule has 2 aliphatic heterocycles. The van der Waals surface area contributed by atoms with Crippen LogP contribution in [0.3, 0.4) is 0 Å². The Labute approximate surface area is 388 Å². The maximum absolute atomic E-state index is 14.0. The molecule has 2 fully saturated rings. The molecule has 0 aliphatic carbocycles. The Hall–Kier alpha value is -6.18. The van der Waals surface area contributed by atoms with Gasteiger partial charge in [0.25, 0.3) is 0 Å². The third kappa shape index (κ3) is 16.4. The Kier molecular flexibility index (Phi) is 20.3. The molecule has 7 amide bonds. The normalized spacial score (nSPS) is 18.0. The third-order valence-corrected chi connectivity index (χ3v) is 12.9. The Bertz CT molecular complexity index is 2060. The number of aromatic hydroxyl groups is 1. The maximum atomic E-state index is 14.0. The van der Waals surface area contributed by atoms with Crippen molar-refractivity contribution < 1.29 is 58.1 Å². The minimum absolute atomic E-state index is 0.00808. The van der Waals surface area contributed by atoms with E-state index in [4.69, 9.17) is 4.74 Å². The summed E-state index contributed by atoms with van der Waals surface area (Å²) in [5.74, 6) is -5.87. The molecule has 4 rings (SSSR count). The number of Topliss-reactive ketones (excluding diaryl/α,β-unsaturated/α-hetero) is 1. The first-order valence-corrected chi connectivity index (χ1v) is 23.3. The number of thioether (sulfide) groups is 1. The first-order chi connectivity index (χ1) is 31.3. The van der Waals surface area contributed by atoms with E-state index in [1.807, 2.05) is 11.8 Å². The molecule has 2 heterocycles. The van der Waals surface area contributed by atoms with E-state index in [1.54, 1.807) is 58.0 Å². The number of nitrogens with one attached hydrogen (secondary N) is 7. The highest BCUT2D eigenvalue weighted by atomic mass is 32.2. The van der Waals surface area contributed by atoms with Crippen LogP contribution in [0.1, 0.15) is 99.2 Å². The number of urea groups is 1. The second-order valence-electron chi connectivity index (χ2n) is 17.1. The third-order valence-electron chi connectivity index (χ3n) is 11.4. The van der Waals surface area contributed by atoms with Gasteiger partial charge in [-0.15, -0.1) is 0 Å². The lowest BCUT2D eigenvalue weighted by Crippen LogP contribution is -2.59. The van der Waals surface area contributed by atoms with E-state index in [9.17, 15) is 53.4 Å². The number of carbonyl (C=O) groups excluding carboxylic acids is 8. The topological polar surface area (TPSA) is 288 Å². The molecule has 66 heavy (non-hydrogen) atoms. The number of aryl methyl sites for hydroxylation is 2. The van der Waals surface area contributed by atoms with Gasteiger partial charge in [0.05, 0.1) is 24.1 Å². The minimum atomic E-state index is -1.65. The number of hydrogen-bond acceptors (Lipinski definition) is 12. The largest absolute Gasteiger partial charge is 0.508 e. The monoisotopic (exact) mass is 937 g/mol. The molecule has 0 spiro atoms. The molecule has 2 aromatic rings. The van der Waals surface area contributed by atoms with Crippen LogP contribution in [0.4, 0.5) is 4.79 Å². The number of benzene rings is 2. The van der Waals surface area contributed by atoms with Gasteiger partial charge in [0, 0.05) is 37.3 Å². The van der Waals surface area contributed by atoms with Crippen LogP contribution in [-0.2, 0) is 44.7 Å². The molecule has 0 radical (unpaired) electrons. The Morgan fingerprint density at radius 1 is 0.818 bits per heavy atom. The fourth-order valence-electron chi connectivity index (χ4n) is 7.84. The van der Waals surface area contributed by atoms with E-state index in [1.165, 1.54) is 19.1 Å². The molecule has 2 aliphatic rings. The summed E-state index contributed by atoms with van der Waals surface area (Å²) in [4.78, 5) is 116. The summed E-state index contributed by atoms with van der Waals surface area (Å²) in [5.41, 5.74) is 2.06. The smallest absolute Gasteiger partial charge is 0.339 e. The highest BCUT2D eigenvalue weighted by molar-refractivity contribution is 8.00. The number of ketones is 1. The molecular weight excluding hydrogens is 875 g/mol. The molecule has 0 bridgehead atoms. The van der Waals surface area contributed by atoms with Crippen LogP contribution >= 0.6 is 11.8 Å². The van der Waals surface area contributed by atoms with E-state index >= 15 is 0 Å². The van der Waals surface area contributed by atoms with Crippen molar-refractivity contribution in [3.63, 3.8) is 0 Å². The minimum Gasteiger partial charge on any atom is -0.508 e.